The van der Waals surface area contributed by atoms with E-state index in [-0.39, 0.29) is 18.0 Å². The Morgan fingerprint density at radius 1 is 1.37 bits per heavy atom. The Labute approximate surface area is 160 Å². The fourth-order valence-corrected chi connectivity index (χ4v) is 3.46. The van der Waals surface area contributed by atoms with Gasteiger partial charge in [-0.2, -0.15) is 4.52 Å². The lowest BCUT2D eigenvalue weighted by atomic mass is 10.2. The van der Waals surface area contributed by atoms with Gasteiger partial charge < -0.3 is 15.0 Å². The third kappa shape index (κ3) is 4.43. The molecule has 0 unspecified atom stereocenters. The molecule has 3 aromatic rings. The predicted molar refractivity (Wildman–Crippen MR) is 105 cm³/mol. The number of nitrogens with one attached hydrogen (secondary N) is 1. The van der Waals surface area contributed by atoms with Gasteiger partial charge in [-0.05, 0) is 19.9 Å². The summed E-state index contributed by atoms with van der Waals surface area (Å²) >= 11 is 1.27. The maximum atomic E-state index is 12.3. The van der Waals surface area contributed by atoms with E-state index in [0.29, 0.717) is 28.9 Å². The third-order valence-electron chi connectivity index (χ3n) is 3.82. The van der Waals surface area contributed by atoms with E-state index in [4.69, 9.17) is 4.74 Å². The van der Waals surface area contributed by atoms with Gasteiger partial charge in [0.25, 0.3) is 5.56 Å². The number of carbonyl (C=O) groups excluding carboxylic acids is 1. The smallest absolute Gasteiger partial charge is 0.275 e. The van der Waals surface area contributed by atoms with Crippen LogP contribution in [0.3, 0.4) is 0 Å². The number of fused-ring (bicyclic) bond motifs is 1. The molecular formula is C18H21N5O3S. The molecule has 0 spiro atoms. The molecule has 1 N–H and O–H groups in total. The van der Waals surface area contributed by atoms with Gasteiger partial charge in [-0.3, -0.25) is 9.59 Å². The number of nitrogens with zero attached hydrogens (tertiary/aromatic N) is 4. The summed E-state index contributed by atoms with van der Waals surface area (Å²) in [4.78, 5) is 30.8. The molecule has 142 valence electrons. The second-order valence-electron chi connectivity index (χ2n) is 5.99. The number of carbonyl (C=O) groups is 1. The molecule has 0 aliphatic heterocycles. The molecule has 8 nitrogen and oxygen atoms in total. The third-order valence-corrected chi connectivity index (χ3v) is 4.84. The van der Waals surface area contributed by atoms with Crippen molar-refractivity contribution in [2.75, 3.05) is 25.1 Å². The number of aromatic nitrogens is 3. The summed E-state index contributed by atoms with van der Waals surface area (Å²) in [6.45, 7) is 4.74. The van der Waals surface area contributed by atoms with Crippen LogP contribution in [0.25, 0.3) is 4.96 Å². The molecule has 0 saturated carbocycles. The van der Waals surface area contributed by atoms with E-state index >= 15 is 0 Å². The molecule has 9 heteroatoms. The Bertz CT molecular complexity index is 1010. The Balaban J connectivity index is 1.64. The number of ether oxygens (including phenoxy) is 1. The maximum Gasteiger partial charge on any atom is 0.275 e. The van der Waals surface area contributed by atoms with Gasteiger partial charge >= 0.3 is 0 Å². The number of rotatable bonds is 7. The monoisotopic (exact) mass is 387 g/mol. The van der Waals surface area contributed by atoms with Gasteiger partial charge in [0.2, 0.25) is 16.0 Å². The molecule has 3 rings (SSSR count). The molecule has 0 saturated heterocycles. The van der Waals surface area contributed by atoms with Gasteiger partial charge in [0.05, 0.1) is 13.2 Å². The lowest BCUT2D eigenvalue weighted by molar-refractivity contribution is -0.119. The highest BCUT2D eigenvalue weighted by Crippen LogP contribution is 2.20. The summed E-state index contributed by atoms with van der Waals surface area (Å²) in [6, 6.07) is 9.03. The van der Waals surface area contributed by atoms with Gasteiger partial charge in [0.1, 0.15) is 5.75 Å². The van der Waals surface area contributed by atoms with E-state index in [1.165, 1.54) is 21.9 Å². The molecule has 0 atom stereocenters. The van der Waals surface area contributed by atoms with Gasteiger partial charge in [-0.25, -0.2) is 4.98 Å². The van der Waals surface area contributed by atoms with E-state index < -0.39 is 0 Å². The van der Waals surface area contributed by atoms with E-state index in [1.54, 1.807) is 18.9 Å². The van der Waals surface area contributed by atoms with Crippen LogP contribution < -0.4 is 20.5 Å². The summed E-state index contributed by atoms with van der Waals surface area (Å²) < 4.78 is 6.81. The number of hydrogen-bond acceptors (Lipinski definition) is 7. The highest BCUT2D eigenvalue weighted by Gasteiger charge is 2.14. The lowest BCUT2D eigenvalue weighted by Gasteiger charge is -2.15. The van der Waals surface area contributed by atoms with Crippen molar-refractivity contribution in [3.8, 4) is 5.75 Å². The first-order valence-corrected chi connectivity index (χ1v) is 9.35. The molecule has 0 bridgehead atoms. The minimum absolute atomic E-state index is 0.115. The average molecular weight is 387 g/mol. The highest BCUT2D eigenvalue weighted by atomic mass is 32.1. The van der Waals surface area contributed by atoms with Crippen LogP contribution in [-0.2, 0) is 11.3 Å². The van der Waals surface area contributed by atoms with Gasteiger partial charge in [-0.15, -0.1) is 5.10 Å². The van der Waals surface area contributed by atoms with Crippen molar-refractivity contribution in [3.63, 3.8) is 0 Å². The van der Waals surface area contributed by atoms with Gasteiger partial charge in [0, 0.05) is 30.9 Å². The number of aryl methyl sites for hydroxylation is 1. The topological polar surface area (TPSA) is 88.8 Å². The first kappa shape index (κ1) is 18.8. The average Bonchev–Trinajstić information content (AvgIpc) is 3.06. The minimum Gasteiger partial charge on any atom is -0.494 e. The fourth-order valence-electron chi connectivity index (χ4n) is 2.54. The van der Waals surface area contributed by atoms with Crippen LogP contribution in [0.1, 0.15) is 18.2 Å². The van der Waals surface area contributed by atoms with Crippen LogP contribution in [0.4, 0.5) is 5.13 Å². The SMILES string of the molecule is CCOc1ccccc1CNC(=O)CN(C)c1nn2c(=O)cc(C)nc2s1. The lowest BCUT2D eigenvalue weighted by Crippen LogP contribution is -2.35. The molecule has 2 aromatic heterocycles. The second-order valence-corrected chi connectivity index (χ2v) is 6.92. The largest absolute Gasteiger partial charge is 0.494 e. The molecule has 0 radical (unpaired) electrons. The van der Waals surface area contributed by atoms with E-state index in [0.717, 1.165) is 11.3 Å². The van der Waals surface area contributed by atoms with Crippen molar-refractivity contribution in [1.29, 1.82) is 0 Å². The first-order valence-electron chi connectivity index (χ1n) is 8.54. The van der Waals surface area contributed by atoms with Crippen molar-refractivity contribution >= 4 is 27.3 Å². The maximum absolute atomic E-state index is 12.3. The van der Waals surface area contributed by atoms with Crippen LogP contribution >= 0.6 is 11.3 Å². The normalized spacial score (nSPS) is 10.8. The molecule has 1 amide bonds. The summed E-state index contributed by atoms with van der Waals surface area (Å²) in [6.07, 6.45) is 0. The van der Waals surface area contributed by atoms with Crippen LogP contribution in [0.2, 0.25) is 0 Å². The van der Waals surface area contributed by atoms with E-state index in [9.17, 15) is 9.59 Å². The van der Waals surface area contributed by atoms with Crippen molar-refractivity contribution in [3.05, 3.63) is 51.9 Å². The van der Waals surface area contributed by atoms with E-state index in [2.05, 4.69) is 15.4 Å². The molecular weight excluding hydrogens is 366 g/mol. The Morgan fingerprint density at radius 2 is 2.15 bits per heavy atom. The Kier molecular flexibility index (Phi) is 5.70. The highest BCUT2D eigenvalue weighted by molar-refractivity contribution is 7.20. The fraction of sp³-hybridized carbons (Fsp3) is 0.333. The first-order chi connectivity index (χ1) is 13.0. The molecule has 27 heavy (non-hydrogen) atoms. The molecule has 0 fully saturated rings. The van der Waals surface area contributed by atoms with Crippen LogP contribution in [-0.4, -0.2) is 40.7 Å². The Hall–Kier alpha value is -2.94. The zero-order chi connectivity index (χ0) is 19.4. The van der Waals surface area contributed by atoms with Crippen LogP contribution in [0.5, 0.6) is 5.75 Å². The predicted octanol–water partition coefficient (Wildman–Crippen LogP) is 1.61. The second kappa shape index (κ2) is 8.17. The number of amides is 1. The summed E-state index contributed by atoms with van der Waals surface area (Å²) in [5.41, 5.74) is 1.33. The van der Waals surface area contributed by atoms with Crippen molar-refractivity contribution in [2.45, 2.75) is 20.4 Å². The standard InChI is InChI=1S/C18H21N5O3S/c1-4-26-14-8-6-5-7-13(14)10-19-15(24)11-22(3)18-21-23-16(25)9-12(2)20-17(23)27-18/h5-9H,4,10-11H2,1-3H3,(H,19,24). The molecule has 2 heterocycles. The van der Waals surface area contributed by atoms with E-state index in [1.807, 2.05) is 31.2 Å². The van der Waals surface area contributed by atoms with Crippen LogP contribution in [0.15, 0.2) is 35.1 Å². The van der Waals surface area contributed by atoms with Crippen molar-refractivity contribution in [2.24, 2.45) is 0 Å². The molecule has 0 aliphatic rings. The zero-order valence-electron chi connectivity index (χ0n) is 15.4. The van der Waals surface area contributed by atoms with Crippen molar-refractivity contribution in [1.82, 2.24) is 19.9 Å². The van der Waals surface area contributed by atoms with Gasteiger partial charge in [0.15, 0.2) is 0 Å². The number of benzene rings is 1. The number of anilines is 1. The summed E-state index contributed by atoms with van der Waals surface area (Å²) in [7, 11) is 1.75. The summed E-state index contributed by atoms with van der Waals surface area (Å²) in [5, 5.41) is 7.68. The van der Waals surface area contributed by atoms with Gasteiger partial charge in [-0.1, -0.05) is 29.5 Å². The number of para-hydroxylation sites is 1. The number of hydrogen-bond donors (Lipinski definition) is 1. The zero-order valence-corrected chi connectivity index (χ0v) is 16.2. The van der Waals surface area contributed by atoms with Crippen molar-refractivity contribution < 1.29 is 9.53 Å². The minimum atomic E-state index is -0.231. The summed E-state index contributed by atoms with van der Waals surface area (Å²) in [5.74, 6) is 0.611. The quantitative estimate of drug-likeness (QED) is 0.663. The molecule has 1 aromatic carbocycles. The van der Waals surface area contributed by atoms with Crippen LogP contribution in [0, 0.1) is 6.92 Å². The molecule has 0 aliphatic carbocycles. The number of likely N-dealkylation sites (N-methyl/N-ethyl adjacent to an activating group) is 1. The Morgan fingerprint density at radius 3 is 2.93 bits per heavy atom.